The fourth-order valence-electron chi connectivity index (χ4n) is 3.22. The molecule has 6 nitrogen and oxygen atoms in total. The van der Waals surface area contributed by atoms with Crippen molar-refractivity contribution in [2.45, 2.75) is 33.2 Å². The zero-order valence-electron chi connectivity index (χ0n) is 13.2. The Kier molecular flexibility index (Phi) is 2.92. The van der Waals surface area contributed by atoms with Crippen molar-refractivity contribution < 1.29 is 0 Å². The van der Waals surface area contributed by atoms with E-state index in [2.05, 4.69) is 44.0 Å². The van der Waals surface area contributed by atoms with Gasteiger partial charge in [-0.05, 0) is 32.8 Å². The Morgan fingerprint density at radius 1 is 1.14 bits per heavy atom. The quantitative estimate of drug-likeness (QED) is 0.728. The smallest absolute Gasteiger partial charge is 0.157 e. The molecule has 1 aliphatic heterocycles. The van der Waals surface area contributed by atoms with Gasteiger partial charge in [0.2, 0.25) is 0 Å². The first-order chi connectivity index (χ1) is 10.6. The summed E-state index contributed by atoms with van der Waals surface area (Å²) in [5.74, 6) is 1.13. The molecule has 0 N–H and O–H groups in total. The maximum atomic E-state index is 4.59. The van der Waals surface area contributed by atoms with Crippen LogP contribution in [0.3, 0.4) is 0 Å². The molecule has 0 aliphatic carbocycles. The number of anilines is 1. The molecule has 0 saturated carbocycles. The molecule has 1 unspecified atom stereocenters. The van der Waals surface area contributed by atoms with Gasteiger partial charge in [-0.3, -0.25) is 4.68 Å². The molecule has 3 aromatic heterocycles. The highest BCUT2D eigenvalue weighted by Gasteiger charge is 2.26. The van der Waals surface area contributed by atoms with Gasteiger partial charge >= 0.3 is 0 Å². The highest BCUT2D eigenvalue weighted by molar-refractivity contribution is 5.52. The standard InChI is InChI=1S/C16H20N6/c1-11-8-17-21(9-11)14-4-5-20(10-14)16-7-12(2)18-15-6-13(3)19-22(15)16/h6-9,14H,4-5,10H2,1-3H3. The molecule has 0 amide bonds. The molecule has 0 bridgehead atoms. The molecule has 1 fully saturated rings. The lowest BCUT2D eigenvalue weighted by Crippen LogP contribution is -2.24. The van der Waals surface area contributed by atoms with Crippen LogP contribution < -0.4 is 4.90 Å². The van der Waals surface area contributed by atoms with Crippen molar-refractivity contribution in [2.75, 3.05) is 18.0 Å². The third-order valence-electron chi connectivity index (χ3n) is 4.25. The number of rotatable bonds is 2. The summed E-state index contributed by atoms with van der Waals surface area (Å²) in [4.78, 5) is 6.95. The number of nitrogens with zero attached hydrogens (tertiary/aromatic N) is 6. The van der Waals surface area contributed by atoms with Crippen LogP contribution in [0.4, 0.5) is 5.82 Å². The molecule has 0 radical (unpaired) electrons. The molecule has 1 atom stereocenters. The molecule has 22 heavy (non-hydrogen) atoms. The Labute approximate surface area is 129 Å². The number of aromatic nitrogens is 5. The molecule has 0 spiro atoms. The summed E-state index contributed by atoms with van der Waals surface area (Å²) < 4.78 is 4.05. The van der Waals surface area contributed by atoms with Crippen LogP contribution in [0.2, 0.25) is 0 Å². The molecule has 0 aromatic carbocycles. The van der Waals surface area contributed by atoms with E-state index >= 15 is 0 Å². The van der Waals surface area contributed by atoms with Gasteiger partial charge in [0, 0.05) is 37.1 Å². The Hall–Kier alpha value is -2.37. The second-order valence-corrected chi connectivity index (χ2v) is 6.20. The predicted molar refractivity (Wildman–Crippen MR) is 85.3 cm³/mol. The molecule has 114 valence electrons. The van der Waals surface area contributed by atoms with Crippen molar-refractivity contribution in [1.29, 1.82) is 0 Å². The largest absolute Gasteiger partial charge is 0.354 e. The highest BCUT2D eigenvalue weighted by Crippen LogP contribution is 2.27. The average molecular weight is 296 g/mol. The zero-order valence-corrected chi connectivity index (χ0v) is 13.2. The fraction of sp³-hybridized carbons (Fsp3) is 0.438. The molecule has 4 heterocycles. The summed E-state index contributed by atoms with van der Waals surface area (Å²) in [5.41, 5.74) is 4.16. The molecule has 6 heteroatoms. The minimum absolute atomic E-state index is 0.425. The van der Waals surface area contributed by atoms with Crippen molar-refractivity contribution in [1.82, 2.24) is 24.4 Å². The molecular weight excluding hydrogens is 276 g/mol. The van der Waals surface area contributed by atoms with E-state index in [1.165, 1.54) is 5.56 Å². The van der Waals surface area contributed by atoms with Crippen molar-refractivity contribution in [3.05, 3.63) is 41.5 Å². The van der Waals surface area contributed by atoms with Crippen molar-refractivity contribution in [3.63, 3.8) is 0 Å². The van der Waals surface area contributed by atoms with E-state index < -0.39 is 0 Å². The van der Waals surface area contributed by atoms with Crippen LogP contribution in [-0.2, 0) is 0 Å². The monoisotopic (exact) mass is 296 g/mol. The van der Waals surface area contributed by atoms with E-state index in [1.54, 1.807) is 0 Å². The Bertz CT molecular complexity index is 830. The zero-order chi connectivity index (χ0) is 15.3. The van der Waals surface area contributed by atoms with Crippen LogP contribution in [0.15, 0.2) is 24.5 Å². The Balaban J connectivity index is 1.68. The fourth-order valence-corrected chi connectivity index (χ4v) is 3.22. The van der Waals surface area contributed by atoms with Gasteiger partial charge in [-0.2, -0.15) is 14.7 Å². The van der Waals surface area contributed by atoms with Gasteiger partial charge in [-0.1, -0.05) is 0 Å². The summed E-state index contributed by atoms with van der Waals surface area (Å²) in [5, 5.41) is 9.06. The van der Waals surface area contributed by atoms with Gasteiger partial charge in [-0.15, -0.1) is 0 Å². The lowest BCUT2D eigenvalue weighted by atomic mass is 10.3. The summed E-state index contributed by atoms with van der Waals surface area (Å²) >= 11 is 0. The number of fused-ring (bicyclic) bond motifs is 1. The van der Waals surface area contributed by atoms with E-state index in [0.717, 1.165) is 42.4 Å². The average Bonchev–Trinajstić information content (AvgIpc) is 3.15. The second-order valence-electron chi connectivity index (χ2n) is 6.20. The second kappa shape index (κ2) is 4.83. The lowest BCUT2D eigenvalue weighted by Gasteiger charge is -2.20. The van der Waals surface area contributed by atoms with E-state index in [9.17, 15) is 0 Å². The van der Waals surface area contributed by atoms with Gasteiger partial charge in [0.05, 0.1) is 17.9 Å². The van der Waals surface area contributed by atoms with Gasteiger partial charge < -0.3 is 4.90 Å². The molecule has 1 saturated heterocycles. The van der Waals surface area contributed by atoms with E-state index in [-0.39, 0.29) is 0 Å². The number of hydrogen-bond acceptors (Lipinski definition) is 4. The SMILES string of the molecule is Cc1cnn(C2CCN(c3cc(C)nc4cc(C)nn34)C2)c1. The lowest BCUT2D eigenvalue weighted by molar-refractivity contribution is 0.494. The van der Waals surface area contributed by atoms with Crippen LogP contribution in [-0.4, -0.2) is 37.5 Å². The van der Waals surface area contributed by atoms with E-state index in [4.69, 9.17) is 0 Å². The summed E-state index contributed by atoms with van der Waals surface area (Å²) in [7, 11) is 0. The number of hydrogen-bond donors (Lipinski definition) is 0. The van der Waals surface area contributed by atoms with Crippen molar-refractivity contribution in [3.8, 4) is 0 Å². The van der Waals surface area contributed by atoms with Crippen LogP contribution in [0.1, 0.15) is 29.4 Å². The maximum Gasteiger partial charge on any atom is 0.157 e. The third kappa shape index (κ3) is 2.15. The topological polar surface area (TPSA) is 51.2 Å². The minimum Gasteiger partial charge on any atom is -0.354 e. The summed E-state index contributed by atoms with van der Waals surface area (Å²) in [6, 6.07) is 4.57. The van der Waals surface area contributed by atoms with Crippen LogP contribution in [0.5, 0.6) is 0 Å². The van der Waals surface area contributed by atoms with Crippen molar-refractivity contribution >= 4 is 11.5 Å². The van der Waals surface area contributed by atoms with E-state index in [0.29, 0.717) is 6.04 Å². The predicted octanol–water partition coefficient (Wildman–Crippen LogP) is 2.30. The molecular formula is C16H20N6. The van der Waals surface area contributed by atoms with Gasteiger partial charge in [0.25, 0.3) is 0 Å². The van der Waals surface area contributed by atoms with Crippen LogP contribution in [0.25, 0.3) is 5.65 Å². The first-order valence-corrected chi connectivity index (χ1v) is 7.70. The summed E-state index contributed by atoms with van der Waals surface area (Å²) in [6.45, 7) is 8.10. The molecule has 1 aliphatic rings. The first kappa shape index (κ1) is 13.3. The highest BCUT2D eigenvalue weighted by atomic mass is 15.4. The van der Waals surface area contributed by atoms with Gasteiger partial charge in [0.1, 0.15) is 5.82 Å². The Morgan fingerprint density at radius 2 is 2.00 bits per heavy atom. The van der Waals surface area contributed by atoms with Gasteiger partial charge in [0.15, 0.2) is 5.65 Å². The van der Waals surface area contributed by atoms with Gasteiger partial charge in [-0.25, -0.2) is 4.98 Å². The van der Waals surface area contributed by atoms with Crippen LogP contribution in [0, 0.1) is 20.8 Å². The van der Waals surface area contributed by atoms with Crippen LogP contribution >= 0.6 is 0 Å². The number of aryl methyl sites for hydroxylation is 3. The Morgan fingerprint density at radius 3 is 2.77 bits per heavy atom. The summed E-state index contributed by atoms with van der Waals surface area (Å²) in [6.07, 6.45) is 5.15. The maximum absolute atomic E-state index is 4.59. The normalized spacial score (nSPS) is 18.5. The minimum atomic E-state index is 0.425. The first-order valence-electron chi connectivity index (χ1n) is 7.70. The molecule has 4 rings (SSSR count). The van der Waals surface area contributed by atoms with E-state index in [1.807, 2.05) is 30.6 Å². The van der Waals surface area contributed by atoms with Crippen molar-refractivity contribution in [2.24, 2.45) is 0 Å². The molecule has 3 aromatic rings. The third-order valence-corrected chi connectivity index (χ3v) is 4.25.